The van der Waals surface area contributed by atoms with E-state index in [1.807, 2.05) is 0 Å². The van der Waals surface area contributed by atoms with Crippen molar-refractivity contribution in [3.8, 4) is 0 Å². The second kappa shape index (κ2) is 10.1. The second-order valence-corrected chi connectivity index (χ2v) is 8.44. The van der Waals surface area contributed by atoms with E-state index < -0.39 is 23.7 Å². The summed E-state index contributed by atoms with van der Waals surface area (Å²) in [5.41, 5.74) is 5.41. The van der Waals surface area contributed by atoms with Crippen LogP contribution in [0.25, 0.3) is 11.3 Å². The van der Waals surface area contributed by atoms with Crippen molar-refractivity contribution in [1.29, 1.82) is 0 Å². The first-order chi connectivity index (χ1) is 14.8. The minimum atomic E-state index is -1.04. The first kappa shape index (κ1) is 23.0. The Bertz CT molecular complexity index is 1040. The molecule has 9 heteroatoms. The highest BCUT2D eigenvalue weighted by molar-refractivity contribution is 7.11. The van der Waals surface area contributed by atoms with E-state index in [0.29, 0.717) is 16.2 Å². The van der Waals surface area contributed by atoms with E-state index in [4.69, 9.17) is 22.1 Å². The molecule has 0 aliphatic carbocycles. The number of amides is 3. The van der Waals surface area contributed by atoms with Crippen LogP contribution in [0.15, 0.2) is 29.6 Å². The van der Waals surface area contributed by atoms with Crippen molar-refractivity contribution < 1.29 is 23.5 Å². The summed E-state index contributed by atoms with van der Waals surface area (Å²) < 4.78 is 19.8. The average Bonchev–Trinajstić information content (AvgIpc) is 3.33. The summed E-state index contributed by atoms with van der Waals surface area (Å²) in [5, 5.41) is 1.49. The van der Waals surface area contributed by atoms with E-state index in [2.05, 4.69) is 6.92 Å². The van der Waals surface area contributed by atoms with Gasteiger partial charge in [-0.25, -0.2) is 14.1 Å². The largest absolute Gasteiger partial charge is 0.424 e. The Hall–Kier alpha value is -2.71. The van der Waals surface area contributed by atoms with E-state index in [0.717, 1.165) is 37.8 Å². The van der Waals surface area contributed by atoms with Gasteiger partial charge in [-0.2, -0.15) is 0 Å². The number of carbonyl (C=O) groups is 3. The van der Waals surface area contributed by atoms with Gasteiger partial charge in [0, 0.05) is 12.0 Å². The van der Waals surface area contributed by atoms with Crippen LogP contribution >= 0.6 is 22.9 Å². The molecule has 0 saturated carbocycles. The number of hydrogen-bond donors (Lipinski definition) is 1. The molecule has 2 aromatic rings. The fraction of sp³-hybridized carbons (Fsp3) is 0.318. The number of esters is 1. The molecule has 164 valence electrons. The van der Waals surface area contributed by atoms with Gasteiger partial charge < -0.3 is 10.5 Å². The van der Waals surface area contributed by atoms with E-state index in [1.165, 1.54) is 11.3 Å². The van der Waals surface area contributed by atoms with E-state index in [-0.39, 0.29) is 34.0 Å². The van der Waals surface area contributed by atoms with Gasteiger partial charge in [0.1, 0.15) is 5.82 Å². The predicted octanol–water partition coefficient (Wildman–Crippen LogP) is 5.74. The van der Waals surface area contributed by atoms with Gasteiger partial charge in [-0.1, -0.05) is 50.3 Å². The maximum Gasteiger partial charge on any atom is 0.326 e. The summed E-state index contributed by atoms with van der Waals surface area (Å²) in [7, 11) is 0. The minimum Gasteiger partial charge on any atom is -0.424 e. The molecule has 2 heterocycles. The number of rotatable bonds is 8. The average molecular weight is 465 g/mol. The highest BCUT2D eigenvalue weighted by atomic mass is 35.5. The molecule has 6 nitrogen and oxygen atoms in total. The number of fused-ring (bicyclic) bond motifs is 1. The summed E-state index contributed by atoms with van der Waals surface area (Å²) in [4.78, 5) is 38.8. The molecule has 1 aromatic carbocycles. The normalized spacial score (nSPS) is 14.5. The number of unbranched alkanes of at least 4 members (excludes halogenated alkanes) is 4. The van der Waals surface area contributed by atoms with Crippen LogP contribution in [0, 0.1) is 5.82 Å². The summed E-state index contributed by atoms with van der Waals surface area (Å²) >= 11 is 7.10. The third-order valence-corrected chi connectivity index (χ3v) is 6.02. The van der Waals surface area contributed by atoms with Crippen molar-refractivity contribution in [2.45, 2.75) is 45.4 Å². The number of halogens is 2. The molecule has 1 aliphatic rings. The molecule has 3 rings (SSSR count). The number of nitrogens with zero attached hydrogens (tertiary/aromatic N) is 1. The van der Waals surface area contributed by atoms with Gasteiger partial charge in [0.05, 0.1) is 21.2 Å². The van der Waals surface area contributed by atoms with Crippen LogP contribution in [0.1, 0.15) is 55.9 Å². The fourth-order valence-corrected chi connectivity index (χ4v) is 4.24. The number of primary amides is 1. The van der Waals surface area contributed by atoms with Crippen molar-refractivity contribution in [3.63, 3.8) is 0 Å². The molecule has 0 spiro atoms. The Morgan fingerprint density at radius 2 is 1.97 bits per heavy atom. The third kappa shape index (κ3) is 4.97. The van der Waals surface area contributed by atoms with Crippen LogP contribution in [-0.2, 0) is 14.3 Å². The monoisotopic (exact) mass is 464 g/mol. The Kier molecular flexibility index (Phi) is 7.46. The lowest BCUT2D eigenvalue weighted by Gasteiger charge is -2.12. The third-order valence-electron chi connectivity index (χ3n) is 4.86. The molecule has 1 aliphatic heterocycles. The van der Waals surface area contributed by atoms with Crippen LogP contribution in [-0.4, -0.2) is 17.9 Å². The van der Waals surface area contributed by atoms with Gasteiger partial charge in [-0.3, -0.25) is 9.59 Å². The molecule has 3 amide bonds. The number of hydrogen-bond acceptors (Lipinski definition) is 5. The number of urea groups is 1. The Labute approximate surface area is 188 Å². The van der Waals surface area contributed by atoms with Crippen molar-refractivity contribution >= 4 is 57.9 Å². The zero-order valence-corrected chi connectivity index (χ0v) is 18.5. The van der Waals surface area contributed by atoms with Gasteiger partial charge in [0.15, 0.2) is 5.76 Å². The topological polar surface area (TPSA) is 89.7 Å². The Morgan fingerprint density at radius 1 is 1.23 bits per heavy atom. The van der Waals surface area contributed by atoms with Crippen LogP contribution in [0.3, 0.4) is 0 Å². The molecule has 0 bridgehead atoms. The lowest BCUT2D eigenvalue weighted by atomic mass is 10.0. The maximum atomic E-state index is 14.2. The lowest BCUT2D eigenvalue weighted by Crippen LogP contribution is -2.38. The van der Waals surface area contributed by atoms with Crippen molar-refractivity contribution in [1.82, 2.24) is 0 Å². The maximum absolute atomic E-state index is 14.2. The van der Waals surface area contributed by atoms with Gasteiger partial charge >= 0.3 is 12.0 Å². The zero-order chi connectivity index (χ0) is 22.5. The highest BCUT2D eigenvalue weighted by Gasteiger charge is 2.40. The number of anilines is 1. The number of imide groups is 1. The van der Waals surface area contributed by atoms with Gasteiger partial charge in [-0.15, -0.1) is 11.3 Å². The van der Waals surface area contributed by atoms with Crippen molar-refractivity contribution in [2.75, 3.05) is 4.90 Å². The molecule has 2 N–H and O–H groups in total. The molecule has 31 heavy (non-hydrogen) atoms. The summed E-state index contributed by atoms with van der Waals surface area (Å²) in [6.07, 6.45) is 4.96. The number of ether oxygens (including phenoxy) is 1. The van der Waals surface area contributed by atoms with E-state index >= 15 is 0 Å². The van der Waals surface area contributed by atoms with Crippen LogP contribution in [0.5, 0.6) is 0 Å². The number of thiophene rings is 1. The van der Waals surface area contributed by atoms with Gasteiger partial charge in [-0.05, 0) is 30.0 Å². The van der Waals surface area contributed by atoms with Gasteiger partial charge in [0.25, 0.3) is 5.91 Å². The number of carbonyl (C=O) groups excluding carboxylic acids is 3. The van der Waals surface area contributed by atoms with Crippen LogP contribution < -0.4 is 10.6 Å². The molecular formula is C22H22ClFN2O4S. The lowest BCUT2D eigenvalue weighted by molar-refractivity contribution is -0.136. The van der Waals surface area contributed by atoms with Crippen molar-refractivity contribution in [2.24, 2.45) is 5.73 Å². The van der Waals surface area contributed by atoms with Crippen LogP contribution in [0.4, 0.5) is 14.9 Å². The number of nitrogens with two attached hydrogens (primary N) is 1. The summed E-state index contributed by atoms with van der Waals surface area (Å²) in [5.74, 6) is -2.10. The fourth-order valence-electron chi connectivity index (χ4n) is 3.37. The van der Waals surface area contributed by atoms with Crippen molar-refractivity contribution in [3.05, 3.63) is 50.9 Å². The first-order valence-corrected chi connectivity index (χ1v) is 11.2. The van der Waals surface area contributed by atoms with E-state index in [9.17, 15) is 18.8 Å². The Balaban J connectivity index is 2.01. The molecule has 0 saturated heterocycles. The number of benzene rings is 1. The molecule has 0 unspecified atom stereocenters. The standard InChI is InChI=1S/C22H22ClFN2O4S/c1-2-3-4-5-6-9-18(27)30-20(17-8-7-10-31-17)19-13-11-15(24)14(23)12-16(13)26(21(19)28)22(25)29/h7-8,10-12H,2-6,9H2,1H3,(H2,25,29). The SMILES string of the molecule is CCCCCCCC(=O)OC(=C1C(=O)N(C(N)=O)c2cc(Cl)c(F)cc21)c1cccs1. The smallest absolute Gasteiger partial charge is 0.326 e. The predicted molar refractivity (Wildman–Crippen MR) is 119 cm³/mol. The quantitative estimate of drug-likeness (QED) is 0.233. The summed E-state index contributed by atoms with van der Waals surface area (Å²) in [6, 6.07) is 4.56. The second-order valence-electron chi connectivity index (χ2n) is 7.08. The molecule has 0 fully saturated rings. The molecular weight excluding hydrogens is 443 g/mol. The zero-order valence-electron chi connectivity index (χ0n) is 17.0. The van der Waals surface area contributed by atoms with E-state index in [1.54, 1.807) is 17.5 Å². The Morgan fingerprint density at radius 3 is 2.61 bits per heavy atom. The first-order valence-electron chi connectivity index (χ1n) is 9.97. The summed E-state index contributed by atoms with van der Waals surface area (Å²) in [6.45, 7) is 2.11. The molecule has 0 atom stereocenters. The molecule has 0 radical (unpaired) electrons. The minimum absolute atomic E-state index is 0.0229. The van der Waals surface area contributed by atoms with Crippen LogP contribution in [0.2, 0.25) is 5.02 Å². The molecule has 1 aromatic heterocycles. The van der Waals surface area contributed by atoms with Gasteiger partial charge in [0.2, 0.25) is 0 Å². The highest BCUT2D eigenvalue weighted by Crippen LogP contribution is 2.44.